The first-order chi connectivity index (χ1) is 9.61. The van der Waals surface area contributed by atoms with Crippen molar-refractivity contribution < 1.29 is 18.1 Å². The summed E-state index contributed by atoms with van der Waals surface area (Å²) < 4.78 is 30.5. The van der Waals surface area contributed by atoms with Crippen molar-refractivity contribution in [1.82, 2.24) is 0 Å². The number of ether oxygens (including phenoxy) is 1. The molecule has 0 spiro atoms. The molecule has 0 heterocycles. The Bertz CT molecular complexity index is 510. The third kappa shape index (κ3) is 3.66. The average molecular weight is 298 g/mol. The zero-order valence-electron chi connectivity index (χ0n) is 11.6. The quantitative estimate of drug-likeness (QED) is 0.802. The third-order valence-corrected chi connectivity index (χ3v) is 5.50. The molecule has 1 unspecified atom stereocenters. The summed E-state index contributed by atoms with van der Waals surface area (Å²) >= 11 is 0. The highest BCUT2D eigenvalue weighted by molar-refractivity contribution is 7.84. The second-order valence-corrected chi connectivity index (χ2v) is 6.81. The van der Waals surface area contributed by atoms with Crippen LogP contribution < -0.4 is 0 Å². The van der Waals surface area contributed by atoms with Gasteiger partial charge in [-0.05, 0) is 30.5 Å². The number of rotatable bonds is 4. The highest BCUT2D eigenvalue weighted by Gasteiger charge is 2.20. The summed E-state index contributed by atoms with van der Waals surface area (Å²) in [5, 5.41) is 0.229. The predicted molar refractivity (Wildman–Crippen MR) is 76.5 cm³/mol. The first-order valence-corrected chi connectivity index (χ1v) is 8.24. The van der Waals surface area contributed by atoms with Gasteiger partial charge in [0.2, 0.25) is 0 Å². The van der Waals surface area contributed by atoms with Crippen LogP contribution in [-0.2, 0) is 21.3 Å². The average Bonchev–Trinajstić information content (AvgIpc) is 2.47. The molecule has 0 N–H and O–H groups in total. The Kier molecular flexibility index (Phi) is 5.29. The SMILES string of the molecule is COC(=O)c1ccc(CS(=O)C2CCCCC2)cc1F. The molecule has 0 aliphatic heterocycles. The lowest BCUT2D eigenvalue weighted by Crippen LogP contribution is -2.20. The molecule has 1 fully saturated rings. The van der Waals surface area contributed by atoms with Crippen LogP contribution in [0.25, 0.3) is 0 Å². The smallest absolute Gasteiger partial charge is 0.340 e. The zero-order valence-corrected chi connectivity index (χ0v) is 12.4. The predicted octanol–water partition coefficient (Wildman–Crippen LogP) is 3.19. The summed E-state index contributed by atoms with van der Waals surface area (Å²) in [6.45, 7) is 0. The maximum Gasteiger partial charge on any atom is 0.340 e. The van der Waals surface area contributed by atoms with Crippen molar-refractivity contribution in [2.24, 2.45) is 0 Å². The Morgan fingerprint density at radius 3 is 2.65 bits per heavy atom. The second kappa shape index (κ2) is 6.97. The molecular formula is C15H19FO3S. The number of methoxy groups -OCH3 is 1. The summed E-state index contributed by atoms with van der Waals surface area (Å²) in [5.41, 5.74) is 0.582. The molecule has 1 saturated carbocycles. The number of halogens is 1. The second-order valence-electron chi connectivity index (χ2n) is 5.09. The summed E-state index contributed by atoms with van der Waals surface area (Å²) in [6, 6.07) is 4.33. The van der Waals surface area contributed by atoms with Gasteiger partial charge >= 0.3 is 5.97 Å². The Morgan fingerprint density at radius 1 is 1.35 bits per heavy atom. The van der Waals surface area contributed by atoms with Gasteiger partial charge in [0.15, 0.2) is 0 Å². The van der Waals surface area contributed by atoms with Gasteiger partial charge in [0, 0.05) is 21.8 Å². The lowest BCUT2D eigenvalue weighted by molar-refractivity contribution is 0.0595. The van der Waals surface area contributed by atoms with Crippen molar-refractivity contribution in [3.63, 3.8) is 0 Å². The summed E-state index contributed by atoms with van der Waals surface area (Å²) in [4.78, 5) is 11.3. The highest BCUT2D eigenvalue weighted by Crippen LogP contribution is 2.24. The minimum atomic E-state index is -0.968. The van der Waals surface area contributed by atoms with Gasteiger partial charge in [0.05, 0.1) is 12.7 Å². The minimum absolute atomic E-state index is 0.0836. The van der Waals surface area contributed by atoms with E-state index in [1.54, 1.807) is 6.07 Å². The molecule has 20 heavy (non-hydrogen) atoms. The Morgan fingerprint density at radius 2 is 2.05 bits per heavy atom. The van der Waals surface area contributed by atoms with E-state index in [0.29, 0.717) is 11.3 Å². The third-order valence-electron chi connectivity index (χ3n) is 3.67. The number of hydrogen-bond donors (Lipinski definition) is 0. The molecule has 0 aromatic heterocycles. The van der Waals surface area contributed by atoms with Crippen LogP contribution in [0.3, 0.4) is 0 Å². The van der Waals surface area contributed by atoms with Crippen LogP contribution in [0, 0.1) is 5.82 Å². The topological polar surface area (TPSA) is 43.4 Å². The maximum atomic E-state index is 13.8. The van der Waals surface area contributed by atoms with Gasteiger partial charge in [-0.2, -0.15) is 0 Å². The maximum absolute atomic E-state index is 13.8. The van der Waals surface area contributed by atoms with Crippen LogP contribution in [0.1, 0.15) is 48.0 Å². The van der Waals surface area contributed by atoms with Gasteiger partial charge in [0.1, 0.15) is 5.82 Å². The summed E-state index contributed by atoms with van der Waals surface area (Å²) in [5.74, 6) is -0.958. The molecule has 0 bridgehead atoms. The van der Waals surface area contributed by atoms with E-state index >= 15 is 0 Å². The molecule has 110 valence electrons. The molecule has 2 rings (SSSR count). The molecule has 1 aliphatic carbocycles. The van der Waals surface area contributed by atoms with Gasteiger partial charge in [-0.25, -0.2) is 9.18 Å². The van der Waals surface area contributed by atoms with E-state index in [2.05, 4.69) is 4.74 Å². The largest absolute Gasteiger partial charge is 0.465 e. The van der Waals surface area contributed by atoms with Crippen LogP contribution in [0.2, 0.25) is 0 Å². The molecule has 3 nitrogen and oxygen atoms in total. The molecular weight excluding hydrogens is 279 g/mol. The monoisotopic (exact) mass is 298 g/mol. The minimum Gasteiger partial charge on any atom is -0.465 e. The van der Waals surface area contributed by atoms with Crippen molar-refractivity contribution in [2.75, 3.05) is 7.11 Å². The number of carbonyl (C=O) groups excluding carboxylic acids is 1. The van der Waals surface area contributed by atoms with Crippen LogP contribution >= 0.6 is 0 Å². The van der Waals surface area contributed by atoms with Crippen molar-refractivity contribution >= 4 is 16.8 Å². The molecule has 1 aliphatic rings. The lowest BCUT2D eigenvalue weighted by Gasteiger charge is -2.20. The van der Waals surface area contributed by atoms with Crippen molar-refractivity contribution in [2.45, 2.75) is 43.1 Å². The zero-order chi connectivity index (χ0) is 14.5. The van der Waals surface area contributed by atoms with Gasteiger partial charge < -0.3 is 4.74 Å². The first-order valence-electron chi connectivity index (χ1n) is 6.85. The number of hydrogen-bond acceptors (Lipinski definition) is 3. The Balaban J connectivity index is 2.04. The van der Waals surface area contributed by atoms with Gasteiger partial charge in [-0.3, -0.25) is 4.21 Å². The van der Waals surface area contributed by atoms with Crippen LogP contribution in [0.15, 0.2) is 18.2 Å². The Labute approximate surface area is 121 Å². The molecule has 0 amide bonds. The van der Waals surface area contributed by atoms with Gasteiger partial charge in [0.25, 0.3) is 0 Å². The fraction of sp³-hybridized carbons (Fsp3) is 0.533. The summed E-state index contributed by atoms with van der Waals surface area (Å²) in [6.07, 6.45) is 5.47. The normalized spacial score (nSPS) is 17.7. The number of benzene rings is 1. The van der Waals surface area contributed by atoms with E-state index in [0.717, 1.165) is 25.7 Å². The van der Waals surface area contributed by atoms with Gasteiger partial charge in [-0.1, -0.05) is 25.3 Å². The van der Waals surface area contributed by atoms with Crippen molar-refractivity contribution in [3.05, 3.63) is 35.1 Å². The Hall–Kier alpha value is -1.23. The first kappa shape index (κ1) is 15.2. The fourth-order valence-corrected chi connectivity index (χ4v) is 4.14. The number of carbonyl (C=O) groups is 1. The van der Waals surface area contributed by atoms with E-state index in [1.807, 2.05) is 0 Å². The van der Waals surface area contributed by atoms with E-state index in [4.69, 9.17) is 0 Å². The lowest BCUT2D eigenvalue weighted by atomic mass is 10.0. The summed E-state index contributed by atoms with van der Waals surface area (Å²) in [7, 11) is 0.248. The van der Waals surface area contributed by atoms with Gasteiger partial charge in [-0.15, -0.1) is 0 Å². The fourth-order valence-electron chi connectivity index (χ4n) is 2.53. The van der Waals surface area contributed by atoms with Crippen molar-refractivity contribution in [1.29, 1.82) is 0 Å². The van der Waals surface area contributed by atoms with E-state index in [-0.39, 0.29) is 10.8 Å². The molecule has 1 aromatic carbocycles. The van der Waals surface area contributed by atoms with E-state index in [1.165, 1.54) is 25.7 Å². The molecule has 1 atom stereocenters. The van der Waals surface area contributed by atoms with Crippen LogP contribution in [-0.4, -0.2) is 22.5 Å². The van der Waals surface area contributed by atoms with E-state index in [9.17, 15) is 13.4 Å². The highest BCUT2D eigenvalue weighted by atomic mass is 32.2. The molecule has 1 aromatic rings. The molecule has 0 saturated heterocycles. The number of esters is 1. The standard InChI is InChI=1S/C15H19FO3S/c1-19-15(17)13-8-7-11(9-14(13)16)10-20(18)12-5-3-2-4-6-12/h7-9,12H,2-6,10H2,1H3. The van der Waals surface area contributed by atoms with Crippen molar-refractivity contribution in [3.8, 4) is 0 Å². The van der Waals surface area contributed by atoms with Crippen LogP contribution in [0.5, 0.6) is 0 Å². The van der Waals surface area contributed by atoms with E-state index < -0.39 is 22.6 Å². The molecule has 5 heteroatoms. The van der Waals surface area contributed by atoms with Crippen LogP contribution in [0.4, 0.5) is 4.39 Å². The molecule has 0 radical (unpaired) electrons.